The second-order valence-corrected chi connectivity index (χ2v) is 2.87. The zero-order valence-electron chi connectivity index (χ0n) is 3.03. The van der Waals surface area contributed by atoms with Gasteiger partial charge in [-0.15, -0.1) is 0 Å². The minimum Gasteiger partial charge on any atom is 0 e. The first-order valence-corrected chi connectivity index (χ1v) is 3.04. The van der Waals surface area contributed by atoms with E-state index >= 15 is 0 Å². The third kappa shape index (κ3) is 777. The van der Waals surface area contributed by atoms with Crippen LogP contribution in [0.1, 0.15) is 0 Å². The molecule has 0 atom stereocenters. The van der Waals surface area contributed by atoms with E-state index in [1.165, 1.54) is 0 Å². The molecule has 0 radical (unpaired) electrons. The average Bonchev–Trinajstić information content (AvgIpc) is 0.592. The van der Waals surface area contributed by atoms with Gasteiger partial charge in [0.05, 0.1) is 0 Å². The first kappa shape index (κ1) is 11.3. The predicted molar refractivity (Wildman–Crippen MR) is 13.6 cm³/mol. The topological polar surface area (TPSA) is 0 Å². The summed E-state index contributed by atoms with van der Waals surface area (Å²) >= 11 is 0. The summed E-state index contributed by atoms with van der Waals surface area (Å²) in [5.74, 6) is 0. The molecule has 0 fully saturated rings. The van der Waals surface area contributed by atoms with Crippen LogP contribution in [-0.2, 0) is 16.5 Å². The van der Waals surface area contributed by atoms with Gasteiger partial charge in [0.15, 0.2) is 0 Å². The van der Waals surface area contributed by atoms with Crippen molar-refractivity contribution in [1.82, 2.24) is 0 Å². The molecular weight excluding hydrogens is 204 g/mol. The van der Waals surface area contributed by atoms with E-state index in [4.69, 9.17) is 0 Å². The van der Waals surface area contributed by atoms with Crippen LogP contribution < -0.4 is 0 Å². The van der Waals surface area contributed by atoms with Gasteiger partial charge in [0.2, 0.25) is 0 Å². The summed E-state index contributed by atoms with van der Waals surface area (Å²) in [6.45, 7) is 0. The summed E-state index contributed by atoms with van der Waals surface area (Å²) in [4.78, 5) is 0. The monoisotopic (exact) mass is 203 g/mol. The molecule has 0 unspecified atom stereocenters. The summed E-state index contributed by atoms with van der Waals surface area (Å²) < 4.78 is 59.2. The van der Waals surface area contributed by atoms with Crippen molar-refractivity contribution in [3.05, 3.63) is 0 Å². The Labute approximate surface area is 50.4 Å². The minimum absolute atomic E-state index is 0. The summed E-state index contributed by atoms with van der Waals surface area (Å²) in [5.41, 5.74) is 0. The summed E-state index contributed by atoms with van der Waals surface area (Å²) in [6.07, 6.45) is 0. The molecule has 0 bridgehead atoms. The van der Waals surface area contributed by atoms with Crippen LogP contribution in [-0.4, -0.2) is 0 Å². The van der Waals surface area contributed by atoms with Crippen molar-refractivity contribution in [2.24, 2.45) is 0 Å². The van der Waals surface area contributed by atoms with Gasteiger partial charge in [0.25, 0.3) is 0 Å². The Hall–Kier alpha value is 0.504. The Morgan fingerprint density at radius 1 is 0.625 bits per heavy atom. The molecule has 0 amide bonds. The van der Waals surface area contributed by atoms with Crippen molar-refractivity contribution in [3.63, 3.8) is 0 Å². The van der Waals surface area contributed by atoms with E-state index in [9.17, 15) is 25.2 Å². The van der Waals surface area contributed by atoms with Crippen LogP contribution in [0.4, 0.5) is 25.2 Å². The molecule has 0 aliphatic heterocycles. The molecule has 0 spiro atoms. The van der Waals surface area contributed by atoms with Crippen molar-refractivity contribution >= 4 is 7.81 Å². The quantitative estimate of drug-likeness (QED) is 0.322. The summed E-state index contributed by atoms with van der Waals surface area (Å²) in [6, 6.07) is 0. The van der Waals surface area contributed by atoms with Crippen molar-refractivity contribution < 1.29 is 41.7 Å². The third-order valence-electron chi connectivity index (χ3n) is 0. The fraction of sp³-hybridized carbons (Fsp3) is 0. The molecule has 0 aromatic heterocycles. The number of rotatable bonds is 0. The van der Waals surface area contributed by atoms with Gasteiger partial charge in [-0.2, -0.15) is 0 Å². The van der Waals surface area contributed by atoms with Gasteiger partial charge < -0.3 is 0 Å². The number of halogens is 6. The van der Waals surface area contributed by atoms with E-state index in [1.54, 1.807) is 0 Å². The predicted octanol–water partition coefficient (Wildman–Crippen LogP) is 3.38. The molecule has 0 aliphatic carbocycles. The van der Waals surface area contributed by atoms with Gasteiger partial charge in [-0.1, -0.05) is 0 Å². The van der Waals surface area contributed by atoms with Gasteiger partial charge >= 0.3 is 33.0 Å². The summed E-state index contributed by atoms with van der Waals surface area (Å²) in [5, 5.41) is 0. The van der Waals surface area contributed by atoms with Crippen LogP contribution in [0.25, 0.3) is 0 Å². The molecular formula is F6NiP-. The Bertz CT molecular complexity index is 67.1. The van der Waals surface area contributed by atoms with Gasteiger partial charge in [-0.05, 0) is 0 Å². The third-order valence-corrected chi connectivity index (χ3v) is 0. The van der Waals surface area contributed by atoms with Crippen molar-refractivity contribution in [3.8, 4) is 0 Å². The zero-order valence-corrected chi connectivity index (χ0v) is 4.91. The van der Waals surface area contributed by atoms with Crippen LogP contribution >= 0.6 is 7.81 Å². The molecule has 0 saturated heterocycles. The molecule has 0 rings (SSSR count). The molecule has 0 heterocycles. The van der Waals surface area contributed by atoms with Crippen LogP contribution in [0.5, 0.6) is 0 Å². The second kappa shape index (κ2) is 1.32. The van der Waals surface area contributed by atoms with Crippen molar-refractivity contribution in [1.29, 1.82) is 0 Å². The van der Waals surface area contributed by atoms with E-state index < -0.39 is 7.81 Å². The maximum absolute atomic E-state index is 10.7. The SMILES string of the molecule is F[P-](F)(F)(F)(F)F.[Ni]. The molecule has 8 heavy (non-hydrogen) atoms. The van der Waals surface area contributed by atoms with E-state index in [1.807, 2.05) is 0 Å². The normalized spacial score (nSPS) is 20.2. The van der Waals surface area contributed by atoms with Crippen LogP contribution in [0.2, 0.25) is 0 Å². The molecule has 58 valence electrons. The second-order valence-electron chi connectivity index (χ2n) is 0.958. The smallest absolute Gasteiger partial charge is 0 e. The van der Waals surface area contributed by atoms with E-state index in [0.29, 0.717) is 0 Å². The molecule has 0 nitrogen and oxygen atoms in total. The Morgan fingerprint density at radius 2 is 0.625 bits per heavy atom. The van der Waals surface area contributed by atoms with Gasteiger partial charge in [-0.3, -0.25) is 0 Å². The maximum Gasteiger partial charge on any atom is 0 e. The van der Waals surface area contributed by atoms with Crippen LogP contribution in [0.3, 0.4) is 0 Å². The minimum atomic E-state index is -10.7. The largest absolute Gasteiger partial charge is 0 e. The molecule has 8 heteroatoms. The van der Waals surface area contributed by atoms with Gasteiger partial charge in [0.1, 0.15) is 0 Å². The van der Waals surface area contributed by atoms with Gasteiger partial charge in [0, 0.05) is 16.5 Å². The van der Waals surface area contributed by atoms with E-state index in [2.05, 4.69) is 0 Å². The first-order valence-electron chi connectivity index (χ1n) is 1.01. The van der Waals surface area contributed by atoms with E-state index in [0.717, 1.165) is 0 Å². The standard InChI is InChI=1S/F6P.Ni/c1-7(2,3,4,5)6;/q-1;. The molecule has 0 aliphatic rings. The van der Waals surface area contributed by atoms with Crippen molar-refractivity contribution in [2.45, 2.75) is 0 Å². The summed E-state index contributed by atoms with van der Waals surface area (Å²) in [7, 11) is -10.7. The number of hydrogen-bond donors (Lipinski definition) is 0. The zero-order chi connectivity index (χ0) is 6.41. The molecule has 0 aromatic rings. The van der Waals surface area contributed by atoms with Gasteiger partial charge in [-0.25, -0.2) is 0 Å². The Balaban J connectivity index is 0. The number of hydrogen-bond acceptors (Lipinski definition) is 0. The first-order chi connectivity index (χ1) is 2.45. The molecule has 0 N–H and O–H groups in total. The molecule has 0 saturated carbocycles. The maximum atomic E-state index is 9.87. The van der Waals surface area contributed by atoms with Crippen LogP contribution in [0, 0.1) is 0 Å². The van der Waals surface area contributed by atoms with E-state index in [-0.39, 0.29) is 16.5 Å². The Morgan fingerprint density at radius 3 is 0.625 bits per heavy atom. The average molecular weight is 204 g/mol. The molecule has 0 aromatic carbocycles. The van der Waals surface area contributed by atoms with Crippen molar-refractivity contribution in [2.75, 3.05) is 0 Å². The Kier molecular flexibility index (Phi) is 1.87. The fourth-order valence-corrected chi connectivity index (χ4v) is 0. The fourth-order valence-electron chi connectivity index (χ4n) is 0. The van der Waals surface area contributed by atoms with Crippen LogP contribution in [0.15, 0.2) is 0 Å².